The molecular weight excluding hydrogens is 557 g/mol. The number of amides is 2. The number of fused-ring (bicyclic) bond motifs is 1. The van der Waals surface area contributed by atoms with Crippen LogP contribution in [-0.4, -0.2) is 36.8 Å². The van der Waals surface area contributed by atoms with Crippen molar-refractivity contribution in [3.63, 3.8) is 0 Å². The number of hydrogen-bond donors (Lipinski definition) is 2. The highest BCUT2D eigenvalue weighted by Gasteiger charge is 2.63. The van der Waals surface area contributed by atoms with Crippen LogP contribution in [0.1, 0.15) is 51.0 Å². The Balaban J connectivity index is 1.61. The maximum absolute atomic E-state index is 14.4. The van der Waals surface area contributed by atoms with Crippen LogP contribution in [0.5, 0.6) is 0 Å². The Labute approximate surface area is 223 Å². The highest BCUT2D eigenvalue weighted by Crippen LogP contribution is 2.51. The molecule has 0 saturated carbocycles. The SMILES string of the molecule is C=C(C)CNC(=O)CNC(=O)c1sc(C2=NOC(c3cc(Cl)c(F)c(Cl)c3)(C(F)(F)F)C2)c2c1CCC2. The second kappa shape index (κ2) is 10.3. The van der Waals surface area contributed by atoms with Crippen molar-refractivity contribution in [2.45, 2.75) is 44.4 Å². The van der Waals surface area contributed by atoms with Crippen LogP contribution < -0.4 is 10.6 Å². The van der Waals surface area contributed by atoms with E-state index >= 15 is 0 Å². The standard InChI is InChI=1S/C24H21Cl2F4N3O3S/c1-11(2)9-31-18(34)10-32-22(35)21-14-5-3-4-13(14)20(37-21)17-8-23(36-33-17,24(28,29)30)12-6-15(25)19(27)16(26)7-12/h6-7H,1,3-5,8-10H2,2H3,(H,31,34)(H,32,35). The van der Waals surface area contributed by atoms with Gasteiger partial charge < -0.3 is 15.5 Å². The number of alkyl halides is 3. The van der Waals surface area contributed by atoms with Gasteiger partial charge in [-0.1, -0.05) is 40.5 Å². The molecule has 2 N–H and O–H groups in total. The lowest BCUT2D eigenvalue weighted by Gasteiger charge is -2.29. The summed E-state index contributed by atoms with van der Waals surface area (Å²) in [6.45, 7) is 5.45. The molecule has 1 aliphatic heterocycles. The number of hydrogen-bond acceptors (Lipinski definition) is 5. The number of rotatable bonds is 7. The molecule has 2 heterocycles. The van der Waals surface area contributed by atoms with Crippen LogP contribution in [0.15, 0.2) is 29.4 Å². The fraction of sp³-hybridized carbons (Fsp3) is 0.375. The summed E-state index contributed by atoms with van der Waals surface area (Å²) < 4.78 is 57.0. The Hall–Kier alpha value is -2.63. The first kappa shape index (κ1) is 27.4. The lowest BCUT2D eigenvalue weighted by molar-refractivity contribution is -0.275. The number of carbonyl (C=O) groups excluding carboxylic acids is 2. The van der Waals surface area contributed by atoms with Crippen molar-refractivity contribution in [3.8, 4) is 0 Å². The van der Waals surface area contributed by atoms with E-state index in [9.17, 15) is 27.2 Å². The molecule has 1 atom stereocenters. The van der Waals surface area contributed by atoms with Crippen molar-refractivity contribution < 1.29 is 32.0 Å². The van der Waals surface area contributed by atoms with E-state index in [0.717, 1.165) is 40.2 Å². The number of nitrogens with one attached hydrogen (secondary N) is 2. The van der Waals surface area contributed by atoms with Crippen LogP contribution in [0.2, 0.25) is 10.0 Å². The molecule has 2 amide bonds. The summed E-state index contributed by atoms with van der Waals surface area (Å²) in [6, 6.07) is 1.65. The predicted molar refractivity (Wildman–Crippen MR) is 133 cm³/mol. The van der Waals surface area contributed by atoms with E-state index in [4.69, 9.17) is 28.0 Å². The van der Waals surface area contributed by atoms with Crippen molar-refractivity contribution in [2.75, 3.05) is 13.1 Å². The average molecular weight is 578 g/mol. The van der Waals surface area contributed by atoms with Gasteiger partial charge in [0.2, 0.25) is 5.91 Å². The molecule has 2 aromatic rings. The average Bonchev–Trinajstić information content (AvgIpc) is 3.54. The van der Waals surface area contributed by atoms with Crippen molar-refractivity contribution >= 4 is 52.1 Å². The Kier molecular flexibility index (Phi) is 7.60. The minimum Gasteiger partial charge on any atom is -0.374 e. The predicted octanol–water partition coefficient (Wildman–Crippen LogP) is 5.69. The summed E-state index contributed by atoms with van der Waals surface area (Å²) >= 11 is 12.5. The summed E-state index contributed by atoms with van der Waals surface area (Å²) in [5, 5.41) is 7.78. The topological polar surface area (TPSA) is 79.8 Å². The van der Waals surface area contributed by atoms with Gasteiger partial charge in [0.05, 0.1) is 32.8 Å². The molecule has 37 heavy (non-hydrogen) atoms. The third-order valence-electron chi connectivity index (χ3n) is 6.07. The Bertz CT molecular complexity index is 1300. The smallest absolute Gasteiger partial charge is 0.374 e. The van der Waals surface area contributed by atoms with Crippen LogP contribution >= 0.6 is 34.5 Å². The van der Waals surface area contributed by atoms with Gasteiger partial charge in [0.1, 0.15) is 5.71 Å². The first-order valence-electron chi connectivity index (χ1n) is 11.1. The Morgan fingerprint density at radius 2 is 1.81 bits per heavy atom. The van der Waals surface area contributed by atoms with E-state index in [2.05, 4.69) is 22.4 Å². The fourth-order valence-electron chi connectivity index (χ4n) is 4.25. The van der Waals surface area contributed by atoms with Gasteiger partial charge in [-0.3, -0.25) is 9.59 Å². The lowest BCUT2D eigenvalue weighted by Crippen LogP contribution is -2.42. The fourth-order valence-corrected chi connectivity index (χ4v) is 6.03. The van der Waals surface area contributed by atoms with Gasteiger partial charge in [-0.2, -0.15) is 13.2 Å². The van der Waals surface area contributed by atoms with Gasteiger partial charge >= 0.3 is 6.18 Å². The number of thiophene rings is 1. The summed E-state index contributed by atoms with van der Waals surface area (Å²) in [5.74, 6) is -1.94. The summed E-state index contributed by atoms with van der Waals surface area (Å²) in [4.78, 5) is 30.6. The molecule has 198 valence electrons. The molecule has 4 rings (SSSR count). The molecule has 0 spiro atoms. The van der Waals surface area contributed by atoms with Crippen molar-refractivity contribution in [1.29, 1.82) is 0 Å². The molecule has 1 unspecified atom stereocenters. The zero-order valence-corrected chi connectivity index (χ0v) is 21.8. The van der Waals surface area contributed by atoms with Crippen LogP contribution in [0.4, 0.5) is 17.6 Å². The number of nitrogens with zero attached hydrogens (tertiary/aromatic N) is 1. The number of halogens is 6. The van der Waals surface area contributed by atoms with Crippen LogP contribution in [0.3, 0.4) is 0 Å². The van der Waals surface area contributed by atoms with Gasteiger partial charge in [0.25, 0.3) is 11.5 Å². The van der Waals surface area contributed by atoms with Gasteiger partial charge in [0.15, 0.2) is 5.82 Å². The number of oxime groups is 1. The van der Waals surface area contributed by atoms with Crippen molar-refractivity contribution in [2.24, 2.45) is 5.16 Å². The molecule has 0 bridgehead atoms. The first-order chi connectivity index (χ1) is 17.3. The third kappa shape index (κ3) is 5.21. The lowest BCUT2D eigenvalue weighted by atomic mass is 9.87. The van der Waals surface area contributed by atoms with E-state index in [1.54, 1.807) is 6.92 Å². The monoisotopic (exact) mass is 577 g/mol. The van der Waals surface area contributed by atoms with Crippen LogP contribution in [-0.2, 0) is 28.1 Å². The maximum atomic E-state index is 14.4. The zero-order valence-electron chi connectivity index (χ0n) is 19.5. The van der Waals surface area contributed by atoms with Crippen molar-refractivity contribution in [1.82, 2.24) is 10.6 Å². The van der Waals surface area contributed by atoms with Crippen molar-refractivity contribution in [3.05, 3.63) is 66.6 Å². The van der Waals surface area contributed by atoms with Gasteiger partial charge in [-0.05, 0) is 49.4 Å². The molecule has 1 aliphatic carbocycles. The molecule has 2 aliphatic rings. The largest absolute Gasteiger partial charge is 0.435 e. The maximum Gasteiger partial charge on any atom is 0.435 e. The Morgan fingerprint density at radius 3 is 2.43 bits per heavy atom. The molecule has 1 aromatic carbocycles. The minimum atomic E-state index is -4.94. The van der Waals surface area contributed by atoms with Gasteiger partial charge in [-0.15, -0.1) is 11.3 Å². The highest BCUT2D eigenvalue weighted by molar-refractivity contribution is 7.16. The summed E-state index contributed by atoms with van der Waals surface area (Å²) in [5.41, 5.74) is -1.20. The minimum absolute atomic E-state index is 0.00953. The zero-order chi connectivity index (χ0) is 27.1. The molecule has 0 saturated heterocycles. The van der Waals surface area contributed by atoms with E-state index in [1.807, 2.05) is 0 Å². The number of carbonyl (C=O) groups is 2. The van der Waals surface area contributed by atoms with E-state index in [-0.39, 0.29) is 18.8 Å². The highest BCUT2D eigenvalue weighted by atomic mass is 35.5. The normalized spacial score (nSPS) is 18.7. The van der Waals surface area contributed by atoms with Crippen LogP contribution in [0, 0.1) is 5.82 Å². The first-order valence-corrected chi connectivity index (χ1v) is 12.7. The molecule has 0 fully saturated rings. The molecule has 13 heteroatoms. The van der Waals surface area contributed by atoms with E-state index in [1.165, 1.54) is 0 Å². The molecule has 1 aromatic heterocycles. The van der Waals surface area contributed by atoms with E-state index in [0.29, 0.717) is 29.0 Å². The molecule has 6 nitrogen and oxygen atoms in total. The second-order valence-corrected chi connectivity index (χ2v) is 10.7. The quantitative estimate of drug-likeness (QED) is 0.252. The Morgan fingerprint density at radius 1 is 1.16 bits per heavy atom. The van der Waals surface area contributed by atoms with Crippen LogP contribution in [0.25, 0.3) is 0 Å². The van der Waals surface area contributed by atoms with Gasteiger partial charge in [-0.25, -0.2) is 4.39 Å². The summed E-state index contributed by atoms with van der Waals surface area (Å²) in [6.07, 6.45) is -3.82. The summed E-state index contributed by atoms with van der Waals surface area (Å²) in [7, 11) is 0. The van der Waals surface area contributed by atoms with Gasteiger partial charge in [0, 0.05) is 12.1 Å². The number of benzene rings is 1. The molecule has 0 radical (unpaired) electrons. The molecular formula is C24H21Cl2F4N3O3S. The van der Waals surface area contributed by atoms with E-state index < -0.39 is 51.4 Å². The second-order valence-electron chi connectivity index (χ2n) is 8.87. The third-order valence-corrected chi connectivity index (χ3v) is 7.94.